The molecule has 3 aromatic rings. The van der Waals surface area contributed by atoms with Gasteiger partial charge in [-0.2, -0.15) is 0 Å². The molecule has 0 radical (unpaired) electrons. The number of halogens is 2. The van der Waals surface area contributed by atoms with Crippen LogP contribution < -0.4 is 10.1 Å². The number of ether oxygens (including phenoxy) is 1. The van der Waals surface area contributed by atoms with E-state index in [2.05, 4.69) is 21.2 Å². The van der Waals surface area contributed by atoms with Crippen molar-refractivity contribution in [2.24, 2.45) is 5.92 Å². The summed E-state index contributed by atoms with van der Waals surface area (Å²) in [5, 5.41) is 2.86. The molecule has 4 atom stereocenters. The van der Waals surface area contributed by atoms with Crippen LogP contribution in [0.25, 0.3) is 0 Å². The summed E-state index contributed by atoms with van der Waals surface area (Å²) >= 11 is 3.55. The molecule has 7 heteroatoms. The highest BCUT2D eigenvalue weighted by atomic mass is 79.9. The molecule has 0 spiro atoms. The van der Waals surface area contributed by atoms with Gasteiger partial charge in [-0.05, 0) is 48.9 Å². The molecule has 0 bridgehead atoms. The van der Waals surface area contributed by atoms with E-state index in [0.717, 1.165) is 15.6 Å². The number of carbonyl (C=O) groups is 2. The van der Waals surface area contributed by atoms with Gasteiger partial charge < -0.3 is 15.0 Å². The van der Waals surface area contributed by atoms with Gasteiger partial charge in [-0.3, -0.25) is 9.59 Å². The second kappa shape index (κ2) is 7.15. The van der Waals surface area contributed by atoms with Gasteiger partial charge in [0.2, 0.25) is 0 Å². The monoisotopic (exact) mass is 506 g/mol. The number of carbonyl (C=O) groups excluding carboxylic acids is 2. The van der Waals surface area contributed by atoms with Crippen LogP contribution in [0.15, 0.2) is 71.2 Å². The van der Waals surface area contributed by atoms with E-state index in [1.165, 1.54) is 18.2 Å². The first-order valence-electron chi connectivity index (χ1n) is 10.8. The first-order valence-corrected chi connectivity index (χ1v) is 11.6. The van der Waals surface area contributed by atoms with Gasteiger partial charge in [0.25, 0.3) is 11.8 Å². The predicted molar refractivity (Wildman–Crippen MR) is 125 cm³/mol. The first-order chi connectivity index (χ1) is 15.9. The van der Waals surface area contributed by atoms with Crippen LogP contribution in [-0.2, 0) is 4.79 Å². The number of nitrogens with zero attached hydrogens (tertiary/aromatic N) is 1. The van der Waals surface area contributed by atoms with Gasteiger partial charge in [-0.15, -0.1) is 0 Å². The van der Waals surface area contributed by atoms with Gasteiger partial charge in [0.05, 0.1) is 23.9 Å². The number of benzene rings is 3. The topological polar surface area (TPSA) is 58.6 Å². The van der Waals surface area contributed by atoms with Crippen LogP contribution in [0.1, 0.15) is 40.4 Å². The molecule has 166 valence electrons. The molecule has 6 rings (SSSR count). The number of hydrogen-bond acceptors (Lipinski definition) is 3. The maximum Gasteiger partial charge on any atom is 0.257 e. The molecule has 3 unspecified atom stereocenters. The largest absolute Gasteiger partial charge is 0.493 e. The maximum atomic E-state index is 14.1. The number of amides is 2. The minimum absolute atomic E-state index is 0.143. The second-order valence-corrected chi connectivity index (χ2v) is 9.87. The smallest absolute Gasteiger partial charge is 0.257 e. The zero-order valence-electron chi connectivity index (χ0n) is 17.7. The Kier molecular flexibility index (Phi) is 4.43. The molecule has 5 nitrogen and oxygen atoms in total. The van der Waals surface area contributed by atoms with Crippen molar-refractivity contribution in [2.45, 2.75) is 24.4 Å². The number of rotatable bonds is 1. The lowest BCUT2D eigenvalue weighted by atomic mass is 9.73. The first kappa shape index (κ1) is 20.4. The van der Waals surface area contributed by atoms with E-state index in [4.69, 9.17) is 4.74 Å². The third-order valence-corrected chi connectivity index (χ3v) is 7.73. The molecule has 3 heterocycles. The summed E-state index contributed by atoms with van der Waals surface area (Å²) in [4.78, 5) is 29.6. The minimum Gasteiger partial charge on any atom is -0.493 e. The highest BCUT2D eigenvalue weighted by Gasteiger charge is 2.65. The second-order valence-electron chi connectivity index (χ2n) is 8.96. The molecule has 3 aliphatic heterocycles. The SMILES string of the molecule is C[C@@]12C(=O)Nc3cc(F)ccc3C(=O)N1C1c3cc(Br)ccc3OCC1C2c1ccccc1. The van der Waals surface area contributed by atoms with E-state index < -0.39 is 11.4 Å². The predicted octanol–water partition coefficient (Wildman–Crippen LogP) is 5.29. The zero-order valence-corrected chi connectivity index (χ0v) is 19.3. The molecule has 0 aliphatic carbocycles. The molecule has 2 amide bonds. The number of hydrogen-bond donors (Lipinski definition) is 1. The summed E-state index contributed by atoms with van der Waals surface area (Å²) in [6.07, 6.45) is 0. The van der Waals surface area contributed by atoms with Crippen molar-refractivity contribution in [3.8, 4) is 5.75 Å². The van der Waals surface area contributed by atoms with Crippen molar-refractivity contribution in [1.29, 1.82) is 0 Å². The molecule has 1 saturated heterocycles. The summed E-state index contributed by atoms with van der Waals surface area (Å²) in [6.45, 7) is 2.19. The van der Waals surface area contributed by atoms with Crippen molar-refractivity contribution in [3.63, 3.8) is 0 Å². The average Bonchev–Trinajstić information content (AvgIpc) is 3.05. The van der Waals surface area contributed by atoms with E-state index in [1.54, 1.807) is 4.90 Å². The summed E-state index contributed by atoms with van der Waals surface area (Å²) in [5.74, 6) is -0.902. The van der Waals surface area contributed by atoms with Gasteiger partial charge in [0, 0.05) is 21.9 Å². The quantitative estimate of drug-likeness (QED) is 0.487. The minimum atomic E-state index is -1.21. The van der Waals surface area contributed by atoms with Crippen molar-refractivity contribution in [3.05, 3.63) is 93.7 Å². The highest BCUT2D eigenvalue weighted by molar-refractivity contribution is 9.10. The Hall–Kier alpha value is -3.19. The average molecular weight is 507 g/mol. The molecule has 1 N–H and O–H groups in total. The molecule has 1 fully saturated rings. The van der Waals surface area contributed by atoms with Gasteiger partial charge in [-0.25, -0.2) is 4.39 Å². The standard InChI is InChI=1S/C26H20BrFN2O3/c1-26-22(14-5-3-2-4-6-14)19-13-33-21-10-7-15(27)11-18(21)23(19)30(26)24(31)17-9-8-16(28)12-20(17)29-25(26)32/h2-12,19,22-23H,13H2,1H3,(H,29,32)/t19?,22?,23?,26-/m1/s1. The van der Waals surface area contributed by atoms with E-state index in [1.807, 2.05) is 55.5 Å². The summed E-state index contributed by atoms with van der Waals surface area (Å²) < 4.78 is 21.0. The Balaban J connectivity index is 1.63. The van der Waals surface area contributed by atoms with Crippen molar-refractivity contribution in [1.82, 2.24) is 4.90 Å². The van der Waals surface area contributed by atoms with Crippen molar-refractivity contribution in [2.75, 3.05) is 11.9 Å². The fourth-order valence-electron chi connectivity index (χ4n) is 5.86. The molecular weight excluding hydrogens is 487 g/mol. The molecule has 0 saturated carbocycles. The van der Waals surface area contributed by atoms with Crippen molar-refractivity contribution < 1.29 is 18.7 Å². The lowest BCUT2D eigenvalue weighted by molar-refractivity contribution is -0.125. The summed E-state index contributed by atoms with van der Waals surface area (Å²) in [6, 6.07) is 19.0. The molecule has 3 aromatic carbocycles. The van der Waals surface area contributed by atoms with Crippen LogP contribution in [0.4, 0.5) is 10.1 Å². The normalized spacial score (nSPS) is 27.5. The van der Waals surface area contributed by atoms with Gasteiger partial charge in [-0.1, -0.05) is 46.3 Å². The molecule has 3 aliphatic rings. The van der Waals surface area contributed by atoms with Crippen LogP contribution in [-0.4, -0.2) is 28.9 Å². The Morgan fingerprint density at radius 3 is 2.67 bits per heavy atom. The number of fused-ring (bicyclic) bond motifs is 6. The van der Waals surface area contributed by atoms with E-state index in [9.17, 15) is 14.0 Å². The third kappa shape index (κ3) is 2.81. The van der Waals surface area contributed by atoms with Crippen LogP contribution in [0, 0.1) is 11.7 Å². The van der Waals surface area contributed by atoms with Crippen LogP contribution in [0.3, 0.4) is 0 Å². The highest BCUT2D eigenvalue weighted by Crippen LogP contribution is 2.60. The van der Waals surface area contributed by atoms with Crippen LogP contribution in [0.5, 0.6) is 5.75 Å². The summed E-state index contributed by atoms with van der Waals surface area (Å²) in [7, 11) is 0. The van der Waals surface area contributed by atoms with Crippen LogP contribution in [0.2, 0.25) is 0 Å². The Labute approximate surface area is 198 Å². The third-order valence-electron chi connectivity index (χ3n) is 7.24. The maximum absolute atomic E-state index is 14.1. The summed E-state index contributed by atoms with van der Waals surface area (Å²) in [5.41, 5.74) is 1.09. The Bertz CT molecular complexity index is 1310. The van der Waals surface area contributed by atoms with Gasteiger partial charge in [0.15, 0.2) is 0 Å². The number of nitrogens with one attached hydrogen (secondary N) is 1. The van der Waals surface area contributed by atoms with Gasteiger partial charge in [0.1, 0.15) is 17.1 Å². The zero-order chi connectivity index (χ0) is 22.9. The fraction of sp³-hybridized carbons (Fsp3) is 0.231. The fourth-order valence-corrected chi connectivity index (χ4v) is 6.24. The van der Waals surface area contributed by atoms with Crippen LogP contribution >= 0.6 is 15.9 Å². The molecular formula is C26H20BrFN2O3. The lowest BCUT2D eigenvalue weighted by Gasteiger charge is -2.38. The van der Waals surface area contributed by atoms with E-state index in [-0.39, 0.29) is 40.9 Å². The van der Waals surface area contributed by atoms with Gasteiger partial charge >= 0.3 is 0 Å². The van der Waals surface area contributed by atoms with Crippen molar-refractivity contribution >= 4 is 33.4 Å². The van der Waals surface area contributed by atoms with E-state index in [0.29, 0.717) is 12.4 Å². The lowest BCUT2D eigenvalue weighted by Crippen LogP contribution is -2.54. The van der Waals surface area contributed by atoms with E-state index >= 15 is 0 Å². The Morgan fingerprint density at radius 2 is 1.88 bits per heavy atom. The molecule has 33 heavy (non-hydrogen) atoms. The molecule has 0 aromatic heterocycles. The number of anilines is 1. The Morgan fingerprint density at radius 1 is 1.09 bits per heavy atom.